The van der Waals surface area contributed by atoms with Crippen LogP contribution in [0.25, 0.3) is 0 Å². The quantitative estimate of drug-likeness (QED) is 0.778. The second-order valence-electron chi connectivity index (χ2n) is 6.05. The molecule has 0 radical (unpaired) electrons. The highest BCUT2D eigenvalue weighted by atomic mass is 19.1. The van der Waals surface area contributed by atoms with Crippen LogP contribution < -0.4 is 16.2 Å². The number of pyridine rings is 1. The van der Waals surface area contributed by atoms with Crippen LogP contribution in [0.1, 0.15) is 28.9 Å². The molecule has 3 rings (SSSR count). The summed E-state index contributed by atoms with van der Waals surface area (Å²) < 4.78 is 19.7. The van der Waals surface area contributed by atoms with Gasteiger partial charge in [-0.25, -0.2) is 4.39 Å². The van der Waals surface area contributed by atoms with E-state index in [1.165, 1.54) is 12.1 Å². The van der Waals surface area contributed by atoms with Crippen LogP contribution in [0, 0.1) is 12.7 Å². The van der Waals surface area contributed by atoms with Crippen LogP contribution >= 0.6 is 0 Å². The van der Waals surface area contributed by atoms with Crippen LogP contribution in [-0.4, -0.2) is 30.1 Å². The van der Waals surface area contributed by atoms with E-state index in [1.54, 1.807) is 25.1 Å². The van der Waals surface area contributed by atoms with E-state index >= 15 is 0 Å². The van der Waals surface area contributed by atoms with E-state index in [0.29, 0.717) is 17.9 Å². The topological polar surface area (TPSA) is 83.2 Å². The molecule has 0 spiro atoms. The van der Waals surface area contributed by atoms with Crippen LogP contribution in [0.15, 0.2) is 35.1 Å². The first-order valence-corrected chi connectivity index (χ1v) is 8.19. The number of rotatable bonds is 5. The Morgan fingerprint density at radius 3 is 2.88 bits per heavy atom. The first-order chi connectivity index (χ1) is 12.0. The van der Waals surface area contributed by atoms with E-state index in [9.17, 15) is 14.0 Å². The summed E-state index contributed by atoms with van der Waals surface area (Å²) in [6, 6.07) is 7.44. The number of aromatic amines is 1. The number of aryl methyl sites for hydroxylation is 1. The average Bonchev–Trinajstić information content (AvgIpc) is 3.07. The molecule has 1 atom stereocenters. The summed E-state index contributed by atoms with van der Waals surface area (Å²) >= 11 is 0. The maximum atomic E-state index is 14.2. The van der Waals surface area contributed by atoms with Crippen molar-refractivity contribution in [2.45, 2.75) is 25.9 Å². The summed E-state index contributed by atoms with van der Waals surface area (Å²) in [4.78, 5) is 26.5. The lowest BCUT2D eigenvalue weighted by atomic mass is 10.2. The highest BCUT2D eigenvalue weighted by molar-refractivity contribution is 6.04. The van der Waals surface area contributed by atoms with Gasteiger partial charge in [-0.2, -0.15) is 0 Å². The van der Waals surface area contributed by atoms with Gasteiger partial charge in [0.25, 0.3) is 11.5 Å². The fraction of sp³-hybridized carbons (Fsp3) is 0.333. The summed E-state index contributed by atoms with van der Waals surface area (Å²) in [5.41, 5.74) is 0.792. The van der Waals surface area contributed by atoms with E-state index in [1.807, 2.05) is 0 Å². The maximum Gasteiger partial charge on any atom is 0.261 e. The van der Waals surface area contributed by atoms with Gasteiger partial charge >= 0.3 is 0 Å². The van der Waals surface area contributed by atoms with Gasteiger partial charge in [-0.1, -0.05) is 0 Å². The van der Waals surface area contributed by atoms with Crippen molar-refractivity contribution in [1.29, 1.82) is 0 Å². The monoisotopic (exact) mass is 345 g/mol. The number of hydrogen-bond donors (Lipinski definition) is 3. The number of aromatic nitrogens is 1. The zero-order valence-electron chi connectivity index (χ0n) is 13.9. The average molecular weight is 345 g/mol. The molecule has 0 aliphatic carbocycles. The van der Waals surface area contributed by atoms with Gasteiger partial charge in [0.15, 0.2) is 0 Å². The zero-order chi connectivity index (χ0) is 17.8. The molecule has 6 nitrogen and oxygen atoms in total. The van der Waals surface area contributed by atoms with Gasteiger partial charge in [0.05, 0.1) is 11.8 Å². The van der Waals surface area contributed by atoms with Crippen LogP contribution in [0.2, 0.25) is 0 Å². The predicted octanol–water partition coefficient (Wildman–Crippen LogP) is 2.67. The van der Waals surface area contributed by atoms with E-state index < -0.39 is 17.3 Å². The van der Waals surface area contributed by atoms with Gasteiger partial charge in [-0.05, 0) is 50.1 Å². The number of H-pyrrole nitrogens is 1. The second-order valence-corrected chi connectivity index (χ2v) is 6.05. The molecule has 0 saturated carbocycles. The summed E-state index contributed by atoms with van der Waals surface area (Å²) in [5.74, 6) is -1.06. The molecule has 1 fully saturated rings. The minimum atomic E-state index is -0.583. The Labute approximate surface area is 144 Å². The number of anilines is 2. The molecule has 0 bridgehead atoms. The number of benzene rings is 1. The molecule has 1 aromatic carbocycles. The molecule has 1 saturated heterocycles. The van der Waals surface area contributed by atoms with Crippen molar-refractivity contribution in [2.24, 2.45) is 0 Å². The molecule has 2 heterocycles. The molecule has 2 aromatic rings. The Hall–Kier alpha value is -2.67. The Balaban J connectivity index is 1.65. The Kier molecular flexibility index (Phi) is 5.14. The van der Waals surface area contributed by atoms with Gasteiger partial charge in [-0.3, -0.25) is 9.59 Å². The van der Waals surface area contributed by atoms with Crippen LogP contribution in [0.3, 0.4) is 0 Å². The third-order valence-electron chi connectivity index (χ3n) is 4.07. The fourth-order valence-electron chi connectivity index (χ4n) is 2.71. The van der Waals surface area contributed by atoms with Gasteiger partial charge in [0.1, 0.15) is 11.4 Å². The highest BCUT2D eigenvalue weighted by Crippen LogP contribution is 2.20. The van der Waals surface area contributed by atoms with Gasteiger partial charge < -0.3 is 20.4 Å². The molecule has 3 N–H and O–H groups in total. The molecule has 1 aliphatic rings. The third kappa shape index (κ3) is 4.24. The molecular formula is C18H20FN3O3. The minimum absolute atomic E-state index is 0.0217. The molecule has 1 amide bonds. The lowest BCUT2D eigenvalue weighted by Gasteiger charge is -2.13. The van der Waals surface area contributed by atoms with Crippen LogP contribution in [0.5, 0.6) is 0 Å². The predicted molar refractivity (Wildman–Crippen MR) is 93.6 cm³/mol. The smallest absolute Gasteiger partial charge is 0.261 e. The molecule has 25 heavy (non-hydrogen) atoms. The Morgan fingerprint density at radius 2 is 2.20 bits per heavy atom. The molecule has 7 heteroatoms. The lowest BCUT2D eigenvalue weighted by Crippen LogP contribution is -2.23. The number of hydrogen-bond acceptors (Lipinski definition) is 4. The minimum Gasteiger partial charge on any atom is -0.380 e. The van der Waals surface area contributed by atoms with Gasteiger partial charge in [0.2, 0.25) is 0 Å². The third-order valence-corrected chi connectivity index (χ3v) is 4.07. The first-order valence-electron chi connectivity index (χ1n) is 8.19. The standard InChI is InChI=1S/C18H20FN3O3/c1-11-4-6-14(17(23)21-11)18(24)22-12-5-7-16(15(19)9-12)20-10-13-3-2-8-25-13/h4-7,9,13,20H,2-3,8,10H2,1H3,(H,21,23)(H,22,24). The van der Waals surface area contributed by atoms with Gasteiger partial charge in [0, 0.05) is 24.5 Å². The number of nitrogens with one attached hydrogen (secondary N) is 3. The molecular weight excluding hydrogens is 325 g/mol. The van der Waals surface area contributed by atoms with Crippen molar-refractivity contribution < 1.29 is 13.9 Å². The Bertz CT molecular complexity index is 829. The molecule has 1 aromatic heterocycles. The van der Waals surface area contributed by atoms with Crippen molar-refractivity contribution in [3.05, 3.63) is 57.8 Å². The first kappa shape index (κ1) is 17.2. The number of halogens is 1. The van der Waals surface area contributed by atoms with E-state index in [0.717, 1.165) is 19.4 Å². The van der Waals surface area contributed by atoms with E-state index in [2.05, 4.69) is 15.6 Å². The molecule has 132 valence electrons. The largest absolute Gasteiger partial charge is 0.380 e. The normalized spacial score (nSPS) is 16.6. The van der Waals surface area contributed by atoms with E-state index in [4.69, 9.17) is 4.74 Å². The fourth-order valence-corrected chi connectivity index (χ4v) is 2.71. The lowest BCUT2D eigenvalue weighted by molar-refractivity contribution is 0.102. The zero-order valence-corrected chi connectivity index (χ0v) is 13.9. The summed E-state index contributed by atoms with van der Waals surface area (Å²) in [6.07, 6.45) is 2.10. The Morgan fingerprint density at radius 1 is 1.36 bits per heavy atom. The summed E-state index contributed by atoms with van der Waals surface area (Å²) in [7, 11) is 0. The number of amides is 1. The van der Waals surface area contributed by atoms with Gasteiger partial charge in [-0.15, -0.1) is 0 Å². The molecule has 1 unspecified atom stereocenters. The van der Waals surface area contributed by atoms with Crippen molar-refractivity contribution in [2.75, 3.05) is 23.8 Å². The molecule has 1 aliphatic heterocycles. The van der Waals surface area contributed by atoms with Crippen molar-refractivity contribution in [3.8, 4) is 0 Å². The summed E-state index contributed by atoms with van der Waals surface area (Å²) in [6.45, 7) is 3.01. The highest BCUT2D eigenvalue weighted by Gasteiger charge is 2.16. The number of carbonyl (C=O) groups excluding carboxylic acids is 1. The van der Waals surface area contributed by atoms with Crippen LogP contribution in [0.4, 0.5) is 15.8 Å². The SMILES string of the molecule is Cc1ccc(C(=O)Nc2ccc(NCC3CCCO3)c(F)c2)c(=O)[nH]1. The van der Waals surface area contributed by atoms with Crippen molar-refractivity contribution in [1.82, 2.24) is 4.98 Å². The van der Waals surface area contributed by atoms with Crippen LogP contribution in [-0.2, 0) is 4.74 Å². The second kappa shape index (κ2) is 7.48. The maximum absolute atomic E-state index is 14.2. The van der Waals surface area contributed by atoms with E-state index in [-0.39, 0.29) is 17.4 Å². The van der Waals surface area contributed by atoms with Crippen molar-refractivity contribution in [3.63, 3.8) is 0 Å². The van der Waals surface area contributed by atoms with Crippen molar-refractivity contribution >= 4 is 17.3 Å². The summed E-state index contributed by atoms with van der Waals surface area (Å²) in [5, 5.41) is 5.55. The number of carbonyl (C=O) groups is 1. The number of ether oxygens (including phenoxy) is 1.